The van der Waals surface area contributed by atoms with Crippen molar-refractivity contribution in [1.82, 2.24) is 9.13 Å². The topological polar surface area (TPSA) is 23.0 Å². The first-order valence-electron chi connectivity index (χ1n) is 15.6. The molecule has 0 saturated heterocycles. The highest BCUT2D eigenvalue weighted by atomic mass is 79.9. The predicted octanol–water partition coefficient (Wildman–Crippen LogP) is 13.0. The molecule has 10 rings (SSSR count). The Bertz CT molecular complexity index is 2870. The molecule has 0 saturated carbocycles. The fourth-order valence-electron chi connectivity index (χ4n) is 7.33. The van der Waals surface area contributed by atoms with E-state index in [0.29, 0.717) is 0 Å². The van der Waals surface area contributed by atoms with Gasteiger partial charge in [-0.15, -0.1) is 0 Å². The highest BCUT2D eigenvalue weighted by Gasteiger charge is 2.17. The lowest BCUT2D eigenvalue weighted by Crippen LogP contribution is -1.93. The number of hydrogen-bond donors (Lipinski definition) is 0. The number of hydrogen-bond acceptors (Lipinski definition) is 1. The summed E-state index contributed by atoms with van der Waals surface area (Å²) in [6.45, 7) is 0. The van der Waals surface area contributed by atoms with Crippen LogP contribution in [0.3, 0.4) is 0 Å². The van der Waals surface area contributed by atoms with Gasteiger partial charge in [-0.2, -0.15) is 0 Å². The van der Waals surface area contributed by atoms with Crippen LogP contribution in [-0.4, -0.2) is 9.13 Å². The molecule has 7 aromatic carbocycles. The summed E-state index contributed by atoms with van der Waals surface area (Å²) >= 11 is 7.32. The van der Waals surface area contributed by atoms with Gasteiger partial charge in [0.05, 0.1) is 22.1 Å². The maximum atomic E-state index is 6.14. The van der Waals surface area contributed by atoms with Crippen LogP contribution in [0.4, 0.5) is 0 Å². The van der Waals surface area contributed by atoms with Gasteiger partial charge in [0.15, 0.2) is 0 Å². The van der Waals surface area contributed by atoms with Crippen LogP contribution >= 0.6 is 31.9 Å². The van der Waals surface area contributed by atoms with Crippen LogP contribution in [0.1, 0.15) is 0 Å². The molecule has 3 aromatic heterocycles. The minimum absolute atomic E-state index is 0.905. The highest BCUT2D eigenvalue weighted by molar-refractivity contribution is 9.10. The summed E-state index contributed by atoms with van der Waals surface area (Å²) in [5.74, 6) is 0. The molecule has 0 amide bonds. The zero-order valence-electron chi connectivity index (χ0n) is 24.9. The Morgan fingerprint density at radius 1 is 0.362 bits per heavy atom. The molecule has 0 unspecified atom stereocenters. The number of benzene rings is 7. The van der Waals surface area contributed by atoms with E-state index in [1.54, 1.807) is 0 Å². The van der Waals surface area contributed by atoms with Crippen LogP contribution in [0, 0.1) is 0 Å². The van der Waals surface area contributed by atoms with E-state index in [2.05, 4.69) is 174 Å². The Morgan fingerprint density at radius 2 is 0.894 bits per heavy atom. The molecule has 10 aromatic rings. The van der Waals surface area contributed by atoms with Crippen LogP contribution in [0.25, 0.3) is 88.1 Å². The molecule has 0 bridgehead atoms. The van der Waals surface area contributed by atoms with Crippen molar-refractivity contribution in [1.29, 1.82) is 0 Å². The highest BCUT2D eigenvalue weighted by Crippen LogP contribution is 2.40. The summed E-state index contributed by atoms with van der Waals surface area (Å²) in [6, 6.07) is 52.3. The van der Waals surface area contributed by atoms with Gasteiger partial charge in [0, 0.05) is 52.6 Å². The Morgan fingerprint density at radius 3 is 1.66 bits per heavy atom. The summed E-state index contributed by atoms with van der Waals surface area (Å²) < 4.78 is 13.0. The number of para-hydroxylation sites is 2. The Kier molecular flexibility index (Phi) is 5.87. The van der Waals surface area contributed by atoms with Crippen molar-refractivity contribution in [3.63, 3.8) is 0 Å². The summed E-state index contributed by atoms with van der Waals surface area (Å²) in [4.78, 5) is 0. The summed E-state index contributed by atoms with van der Waals surface area (Å²) in [6.07, 6.45) is 0. The monoisotopic (exact) mass is 730 g/mol. The molecule has 0 fully saturated rings. The summed E-state index contributed by atoms with van der Waals surface area (Å²) in [7, 11) is 0. The molecule has 0 aliphatic rings. The van der Waals surface area contributed by atoms with Gasteiger partial charge in [-0.1, -0.05) is 80.4 Å². The molecule has 0 atom stereocenters. The van der Waals surface area contributed by atoms with Crippen molar-refractivity contribution in [2.24, 2.45) is 0 Å². The van der Waals surface area contributed by atoms with E-state index in [1.807, 2.05) is 12.1 Å². The minimum Gasteiger partial charge on any atom is -0.456 e. The maximum absolute atomic E-state index is 6.14. The average Bonchev–Trinajstić information content (AvgIpc) is 3.75. The molecule has 0 aliphatic heterocycles. The van der Waals surface area contributed by atoms with E-state index >= 15 is 0 Å². The Hall–Kier alpha value is -5.10. The van der Waals surface area contributed by atoms with Gasteiger partial charge in [0.1, 0.15) is 11.2 Å². The van der Waals surface area contributed by atoms with Crippen molar-refractivity contribution in [2.45, 2.75) is 0 Å². The van der Waals surface area contributed by atoms with Crippen molar-refractivity contribution < 1.29 is 4.42 Å². The van der Waals surface area contributed by atoms with Crippen molar-refractivity contribution in [3.05, 3.63) is 155 Å². The molecule has 0 aliphatic carbocycles. The van der Waals surface area contributed by atoms with Gasteiger partial charge >= 0.3 is 0 Å². The number of aromatic nitrogens is 2. The van der Waals surface area contributed by atoms with Gasteiger partial charge in [0.25, 0.3) is 0 Å². The normalized spacial score (nSPS) is 12.0. The standard InChI is InChI=1S/C42H24Br2N2O/c43-27-11-14-29(15-12-27)45-39-18-10-26(22-34(39)35-23-28(44)13-19-40(35)45)25-9-17-38-33(21-25)31-5-1-3-7-37(31)46(38)30-16-20-42-36(24-30)32-6-2-4-8-41(32)47-42/h1-24H. The van der Waals surface area contributed by atoms with Crippen molar-refractivity contribution in [3.8, 4) is 22.5 Å². The van der Waals surface area contributed by atoms with Crippen LogP contribution in [0.15, 0.2) is 159 Å². The lowest BCUT2D eigenvalue weighted by Gasteiger charge is -2.10. The zero-order valence-corrected chi connectivity index (χ0v) is 28.1. The van der Waals surface area contributed by atoms with Crippen molar-refractivity contribution in [2.75, 3.05) is 0 Å². The largest absolute Gasteiger partial charge is 0.456 e. The first kappa shape index (κ1) is 27.1. The van der Waals surface area contributed by atoms with Gasteiger partial charge in [-0.25, -0.2) is 0 Å². The number of halogens is 2. The van der Waals surface area contributed by atoms with E-state index in [4.69, 9.17) is 4.42 Å². The molecule has 0 radical (unpaired) electrons. The van der Waals surface area contributed by atoms with Crippen molar-refractivity contribution >= 4 is 97.4 Å². The van der Waals surface area contributed by atoms with E-state index in [1.165, 1.54) is 54.7 Å². The van der Waals surface area contributed by atoms with Crippen LogP contribution < -0.4 is 0 Å². The molecule has 0 spiro atoms. The second kappa shape index (κ2) is 10.2. The number of nitrogens with zero attached hydrogens (tertiary/aromatic N) is 2. The van der Waals surface area contributed by atoms with E-state index < -0.39 is 0 Å². The Labute approximate surface area is 286 Å². The zero-order chi connectivity index (χ0) is 31.2. The first-order chi connectivity index (χ1) is 23.1. The molecule has 3 heterocycles. The third-order valence-corrected chi connectivity index (χ3v) is 10.5. The number of fused-ring (bicyclic) bond motifs is 9. The first-order valence-corrected chi connectivity index (χ1v) is 17.1. The SMILES string of the molecule is Brc1ccc(-n2c3ccc(Br)cc3c3cc(-c4ccc5c(c4)c4ccccc4n5-c4ccc5oc6ccccc6c5c4)ccc32)cc1. The van der Waals surface area contributed by atoms with Gasteiger partial charge in [-0.3, -0.25) is 0 Å². The quantitative estimate of drug-likeness (QED) is 0.177. The van der Waals surface area contributed by atoms with E-state index in [-0.39, 0.29) is 0 Å². The fourth-order valence-corrected chi connectivity index (χ4v) is 7.95. The lowest BCUT2D eigenvalue weighted by atomic mass is 10.0. The number of furan rings is 1. The summed E-state index contributed by atoms with van der Waals surface area (Å²) in [5, 5.41) is 7.18. The van der Waals surface area contributed by atoms with Gasteiger partial charge < -0.3 is 13.6 Å². The molecule has 5 heteroatoms. The van der Waals surface area contributed by atoms with Gasteiger partial charge in [-0.05, 0) is 108 Å². The molecular formula is C42H24Br2N2O. The van der Waals surface area contributed by atoms with Crippen LogP contribution in [0.5, 0.6) is 0 Å². The molecule has 0 N–H and O–H groups in total. The van der Waals surface area contributed by atoms with Crippen LogP contribution in [0.2, 0.25) is 0 Å². The fraction of sp³-hybridized carbons (Fsp3) is 0. The lowest BCUT2D eigenvalue weighted by molar-refractivity contribution is 0.669. The smallest absolute Gasteiger partial charge is 0.135 e. The van der Waals surface area contributed by atoms with Crippen LogP contribution in [-0.2, 0) is 0 Å². The molecule has 3 nitrogen and oxygen atoms in total. The Balaban J connectivity index is 1.17. The maximum Gasteiger partial charge on any atom is 0.135 e. The molecular weight excluding hydrogens is 708 g/mol. The average molecular weight is 732 g/mol. The molecule has 222 valence electrons. The van der Waals surface area contributed by atoms with Gasteiger partial charge in [0.2, 0.25) is 0 Å². The third-order valence-electron chi connectivity index (χ3n) is 9.44. The predicted molar refractivity (Wildman–Crippen MR) is 203 cm³/mol. The minimum atomic E-state index is 0.905. The number of rotatable bonds is 3. The second-order valence-corrected chi connectivity index (χ2v) is 13.9. The third kappa shape index (κ3) is 4.10. The molecule has 47 heavy (non-hydrogen) atoms. The second-order valence-electron chi connectivity index (χ2n) is 12.1. The van der Waals surface area contributed by atoms with E-state index in [9.17, 15) is 0 Å². The van der Waals surface area contributed by atoms with E-state index in [0.717, 1.165) is 42.3 Å². The summed E-state index contributed by atoms with van der Waals surface area (Å²) in [5.41, 5.74) is 11.2.